The lowest BCUT2D eigenvalue weighted by Gasteiger charge is -2.02. The van der Waals surface area contributed by atoms with Gasteiger partial charge in [-0.2, -0.15) is 0 Å². The van der Waals surface area contributed by atoms with Crippen molar-refractivity contribution in [2.24, 2.45) is 10.7 Å². The highest BCUT2D eigenvalue weighted by atomic mass is 16.5. The van der Waals surface area contributed by atoms with Crippen LogP contribution in [0.4, 0.5) is 0 Å². The van der Waals surface area contributed by atoms with E-state index >= 15 is 0 Å². The van der Waals surface area contributed by atoms with Crippen LogP contribution in [0.2, 0.25) is 0 Å². The maximum absolute atomic E-state index is 11.2. The molecule has 5 heteroatoms. The zero-order valence-electron chi connectivity index (χ0n) is 13.4. The predicted molar refractivity (Wildman–Crippen MR) is 88.7 cm³/mol. The van der Waals surface area contributed by atoms with Gasteiger partial charge in [0.2, 0.25) is 0 Å². The molecule has 3 N–H and O–H groups in total. The van der Waals surface area contributed by atoms with E-state index in [1.165, 1.54) is 18.3 Å². The molecular formula is C17H23N3O2. The van der Waals surface area contributed by atoms with Crippen LogP contribution in [0.3, 0.4) is 0 Å². The van der Waals surface area contributed by atoms with Crippen molar-refractivity contribution in [3.8, 4) is 0 Å². The number of allylic oxidation sites excluding steroid dienone is 1. The first kappa shape index (κ1) is 16.2. The van der Waals surface area contributed by atoms with E-state index in [4.69, 9.17) is 5.73 Å². The molecular weight excluding hydrogens is 278 g/mol. The van der Waals surface area contributed by atoms with Crippen molar-refractivity contribution in [1.82, 2.24) is 4.98 Å². The number of ether oxygens (including phenoxy) is 1. The molecule has 0 fully saturated rings. The fraction of sp³-hybridized carbons (Fsp3) is 0.412. The van der Waals surface area contributed by atoms with Crippen molar-refractivity contribution in [3.05, 3.63) is 39.9 Å². The zero-order valence-corrected chi connectivity index (χ0v) is 13.4. The Hall–Kier alpha value is -2.14. The number of esters is 1. The molecule has 0 atom stereocenters. The van der Waals surface area contributed by atoms with Gasteiger partial charge in [0.25, 0.3) is 0 Å². The van der Waals surface area contributed by atoms with Crippen LogP contribution in [0.25, 0.3) is 6.08 Å². The van der Waals surface area contributed by atoms with Gasteiger partial charge in [0, 0.05) is 24.5 Å². The monoisotopic (exact) mass is 301 g/mol. The Balaban J connectivity index is 2.15. The summed E-state index contributed by atoms with van der Waals surface area (Å²) in [5.74, 6) is -0.189. The van der Waals surface area contributed by atoms with Gasteiger partial charge in [-0.15, -0.1) is 0 Å². The van der Waals surface area contributed by atoms with Crippen LogP contribution in [0.15, 0.2) is 28.0 Å². The highest BCUT2D eigenvalue weighted by Gasteiger charge is 2.13. The first-order valence-electron chi connectivity index (χ1n) is 7.46. The van der Waals surface area contributed by atoms with E-state index in [-0.39, 0.29) is 5.97 Å². The van der Waals surface area contributed by atoms with Gasteiger partial charge in [0.15, 0.2) is 0 Å². The summed E-state index contributed by atoms with van der Waals surface area (Å²) < 4.78 is 4.68. The lowest BCUT2D eigenvalue weighted by molar-refractivity contribution is -0.140. The first-order chi connectivity index (χ1) is 10.6. The fourth-order valence-electron chi connectivity index (χ4n) is 2.50. The van der Waals surface area contributed by atoms with E-state index in [0.29, 0.717) is 19.4 Å². The summed E-state index contributed by atoms with van der Waals surface area (Å²) in [5.41, 5.74) is 12.2. The van der Waals surface area contributed by atoms with Crippen LogP contribution in [0, 0.1) is 6.92 Å². The number of aliphatic imine (C=N–C) groups is 1. The van der Waals surface area contributed by atoms with Crippen molar-refractivity contribution in [2.45, 2.75) is 33.1 Å². The molecule has 0 spiro atoms. The van der Waals surface area contributed by atoms with Crippen LogP contribution in [0.5, 0.6) is 0 Å². The van der Waals surface area contributed by atoms with Crippen LogP contribution < -0.4 is 5.73 Å². The van der Waals surface area contributed by atoms with Crippen molar-refractivity contribution >= 4 is 18.3 Å². The Morgan fingerprint density at radius 1 is 1.41 bits per heavy atom. The molecule has 2 heterocycles. The minimum absolute atomic E-state index is 0.189. The minimum Gasteiger partial charge on any atom is -0.469 e. The molecule has 0 saturated heterocycles. The van der Waals surface area contributed by atoms with Crippen molar-refractivity contribution in [3.63, 3.8) is 0 Å². The van der Waals surface area contributed by atoms with Gasteiger partial charge in [-0.1, -0.05) is 0 Å². The summed E-state index contributed by atoms with van der Waals surface area (Å²) in [7, 11) is 1.41. The number of aryl methyl sites for hydroxylation is 1. The number of carbonyl (C=O) groups excluding carboxylic acids is 1. The number of hydrogen-bond acceptors (Lipinski definition) is 4. The Morgan fingerprint density at radius 3 is 2.86 bits per heavy atom. The van der Waals surface area contributed by atoms with E-state index in [1.54, 1.807) is 0 Å². The number of methoxy groups -OCH3 is 1. The van der Waals surface area contributed by atoms with Gasteiger partial charge in [-0.3, -0.25) is 9.79 Å². The Labute approximate surface area is 131 Å². The number of carbonyl (C=O) groups is 1. The van der Waals surface area contributed by atoms with E-state index in [0.717, 1.165) is 28.9 Å². The number of nitrogens with two attached hydrogens (primary N) is 1. The average Bonchev–Trinajstić information content (AvgIpc) is 3.03. The third kappa shape index (κ3) is 3.54. The van der Waals surface area contributed by atoms with Crippen molar-refractivity contribution < 1.29 is 9.53 Å². The number of rotatable bonds is 6. The minimum atomic E-state index is -0.189. The quantitative estimate of drug-likeness (QED) is 0.792. The van der Waals surface area contributed by atoms with E-state index in [2.05, 4.69) is 21.6 Å². The molecule has 0 unspecified atom stereocenters. The molecule has 0 aliphatic carbocycles. The van der Waals surface area contributed by atoms with Gasteiger partial charge in [0.05, 0.1) is 12.8 Å². The van der Waals surface area contributed by atoms with Crippen LogP contribution in [-0.2, 0) is 16.0 Å². The average molecular weight is 301 g/mol. The number of aromatic amines is 1. The second kappa shape index (κ2) is 7.22. The second-order valence-corrected chi connectivity index (χ2v) is 5.41. The van der Waals surface area contributed by atoms with Gasteiger partial charge < -0.3 is 15.5 Å². The third-order valence-corrected chi connectivity index (χ3v) is 4.03. The first-order valence-corrected chi connectivity index (χ1v) is 7.46. The zero-order chi connectivity index (χ0) is 16.1. The van der Waals surface area contributed by atoms with Crippen LogP contribution in [-0.4, -0.2) is 30.8 Å². The highest BCUT2D eigenvalue weighted by molar-refractivity contribution is 5.88. The number of nitrogens with zero attached hydrogens (tertiary/aromatic N) is 1. The summed E-state index contributed by atoms with van der Waals surface area (Å²) >= 11 is 0. The molecule has 1 aromatic rings. The van der Waals surface area contributed by atoms with Crippen molar-refractivity contribution in [1.29, 1.82) is 0 Å². The topological polar surface area (TPSA) is 80.5 Å². The molecule has 1 aliphatic rings. The molecule has 1 aliphatic heterocycles. The Kier molecular flexibility index (Phi) is 5.33. The number of hydrogen-bond donors (Lipinski definition) is 2. The molecule has 22 heavy (non-hydrogen) atoms. The molecule has 2 rings (SSSR count). The molecule has 0 radical (unpaired) electrons. The summed E-state index contributed by atoms with van der Waals surface area (Å²) in [6, 6.07) is 0. The van der Waals surface area contributed by atoms with Gasteiger partial charge in [-0.25, -0.2) is 0 Å². The largest absolute Gasteiger partial charge is 0.469 e. The van der Waals surface area contributed by atoms with E-state index in [9.17, 15) is 4.79 Å². The molecule has 0 saturated carbocycles. The van der Waals surface area contributed by atoms with Crippen molar-refractivity contribution in [2.75, 3.05) is 13.7 Å². The maximum atomic E-state index is 11.2. The van der Waals surface area contributed by atoms with Gasteiger partial charge >= 0.3 is 5.97 Å². The SMILES string of the molecule is COC(=O)CCc1c[nH]c(/C=C2/N=CC(CCN)=C2C)c1C. The number of nitrogens with one attached hydrogen (secondary N) is 1. The second-order valence-electron chi connectivity index (χ2n) is 5.41. The van der Waals surface area contributed by atoms with Crippen LogP contribution in [0.1, 0.15) is 36.6 Å². The summed E-state index contributed by atoms with van der Waals surface area (Å²) in [4.78, 5) is 19.0. The number of aromatic nitrogens is 1. The molecule has 1 aromatic heterocycles. The smallest absolute Gasteiger partial charge is 0.305 e. The summed E-state index contributed by atoms with van der Waals surface area (Å²) in [6.07, 6.45) is 7.80. The van der Waals surface area contributed by atoms with Gasteiger partial charge in [-0.05, 0) is 61.6 Å². The fourth-order valence-corrected chi connectivity index (χ4v) is 2.50. The third-order valence-electron chi connectivity index (χ3n) is 4.03. The Bertz CT molecular complexity index is 651. The molecule has 5 nitrogen and oxygen atoms in total. The van der Waals surface area contributed by atoms with Gasteiger partial charge in [0.1, 0.15) is 0 Å². The molecule has 0 amide bonds. The lowest BCUT2D eigenvalue weighted by atomic mass is 10.0. The van der Waals surface area contributed by atoms with E-state index < -0.39 is 0 Å². The van der Waals surface area contributed by atoms with E-state index in [1.807, 2.05) is 25.4 Å². The molecule has 0 aromatic carbocycles. The standard InChI is InChI=1S/C17H23N3O2/c1-11-13(4-5-17(21)22-3)9-19-15(11)8-16-12(2)14(6-7-18)10-20-16/h8-10,19H,4-7,18H2,1-3H3/b16-8+. The highest BCUT2D eigenvalue weighted by Crippen LogP contribution is 2.26. The summed E-state index contributed by atoms with van der Waals surface area (Å²) in [5, 5.41) is 0. The van der Waals surface area contributed by atoms with Crippen LogP contribution >= 0.6 is 0 Å². The Morgan fingerprint density at radius 2 is 2.18 bits per heavy atom. The maximum Gasteiger partial charge on any atom is 0.305 e. The normalized spacial score (nSPS) is 15.9. The molecule has 118 valence electrons. The lowest BCUT2D eigenvalue weighted by Crippen LogP contribution is -2.02. The molecule has 0 bridgehead atoms. The summed E-state index contributed by atoms with van der Waals surface area (Å²) in [6.45, 7) is 4.75. The predicted octanol–water partition coefficient (Wildman–Crippen LogP) is 2.52. The number of H-pyrrole nitrogens is 1.